The topological polar surface area (TPSA) is 119 Å². The van der Waals surface area contributed by atoms with Crippen molar-refractivity contribution < 1.29 is 56.9 Å². The molecular weight excluding hydrogens is 275 g/mol. The van der Waals surface area contributed by atoms with Crippen LogP contribution in [-0.4, -0.2) is 30.4 Å². The molecule has 8 nitrogen and oxygen atoms in total. The molecule has 92 valence electrons. The number of hydrogen-bond donors (Lipinski definition) is 0. The maximum Gasteiger partial charge on any atom is 1.00 e. The second kappa shape index (κ2) is 6.46. The Bertz CT molecular complexity index is 739. The molecule has 3 aromatic heterocycles. The van der Waals surface area contributed by atoms with E-state index in [9.17, 15) is 4.79 Å². The average molecular weight is 284 g/mol. The fourth-order valence-electron chi connectivity index (χ4n) is 1.65. The number of tetrazole rings is 1. The van der Waals surface area contributed by atoms with Crippen molar-refractivity contribution >= 4 is 5.65 Å². The van der Waals surface area contributed by atoms with Crippen LogP contribution in [0.5, 0.6) is 0 Å². The molecule has 19 heavy (non-hydrogen) atoms. The van der Waals surface area contributed by atoms with Gasteiger partial charge in [-0.3, -0.25) is 19.5 Å². The van der Waals surface area contributed by atoms with Crippen molar-refractivity contribution in [2.45, 2.75) is 6.92 Å². The Labute approximate surface area is 150 Å². The van der Waals surface area contributed by atoms with Gasteiger partial charge in [-0.25, -0.2) is 4.98 Å². The summed E-state index contributed by atoms with van der Waals surface area (Å²) in [4.78, 5) is 16.4. The normalized spacial score (nSPS) is 9.74. The summed E-state index contributed by atoms with van der Waals surface area (Å²) in [6.07, 6.45) is 3.11. The van der Waals surface area contributed by atoms with Crippen LogP contribution in [0.4, 0.5) is 0 Å². The zero-order valence-corrected chi connectivity index (χ0v) is 13.5. The summed E-state index contributed by atoms with van der Waals surface area (Å²) < 4.78 is 1.46. The third-order valence-corrected chi connectivity index (χ3v) is 2.49. The summed E-state index contributed by atoms with van der Waals surface area (Å²) >= 11 is 0. The Hall–Kier alpha value is -0.974. The minimum atomic E-state index is -0.228. The van der Waals surface area contributed by atoms with Crippen LogP contribution in [0.3, 0.4) is 0 Å². The maximum absolute atomic E-state index is 12.2. The molecule has 0 spiro atoms. The molecule has 0 bridgehead atoms. The fourth-order valence-corrected chi connectivity index (χ4v) is 1.65. The third-order valence-electron chi connectivity index (χ3n) is 2.49. The number of nitrogens with zero attached hydrogens (tertiary/aromatic N) is 6. The molecule has 0 aliphatic carbocycles. The minimum Gasteiger partial charge on any atom is -0.412 e. The Morgan fingerprint density at radius 3 is 2.84 bits per heavy atom. The van der Waals surface area contributed by atoms with Crippen LogP contribution in [-0.2, 0) is 0 Å². The summed E-state index contributed by atoms with van der Waals surface area (Å²) in [5.41, 5.74) is 1.61. The number of pyridine rings is 1. The molecule has 3 rings (SSSR count). The first-order chi connectivity index (χ1) is 8.27. The summed E-state index contributed by atoms with van der Waals surface area (Å²) in [6, 6.07) is 3.68. The molecule has 0 amide bonds. The second-order valence-electron chi connectivity index (χ2n) is 3.56. The van der Waals surface area contributed by atoms with E-state index < -0.39 is 0 Å². The molecule has 0 unspecified atom stereocenters. The number of rotatable bonds is 1. The van der Waals surface area contributed by atoms with Gasteiger partial charge in [-0.15, -0.1) is 0 Å². The smallest absolute Gasteiger partial charge is 0.412 e. The van der Waals surface area contributed by atoms with Gasteiger partial charge in [0.25, 0.3) is 5.56 Å². The predicted molar refractivity (Wildman–Crippen MR) is 62.0 cm³/mol. The van der Waals surface area contributed by atoms with Crippen LogP contribution in [0, 0.1) is 6.92 Å². The van der Waals surface area contributed by atoms with Crippen LogP contribution in [0.2, 0.25) is 0 Å². The zero-order chi connectivity index (χ0) is 11.8. The van der Waals surface area contributed by atoms with Crippen LogP contribution in [0.25, 0.3) is 17.0 Å². The van der Waals surface area contributed by atoms with Gasteiger partial charge in [-0.1, -0.05) is 6.07 Å². The fraction of sp³-hybridized carbons (Fsp3) is 0.100. The number of fused-ring (bicyclic) bond motifs is 1. The van der Waals surface area contributed by atoms with Gasteiger partial charge in [0.2, 0.25) is 0 Å². The van der Waals surface area contributed by atoms with E-state index in [1.54, 1.807) is 12.3 Å². The first-order valence-electron chi connectivity index (χ1n) is 4.93. The van der Waals surface area contributed by atoms with Crippen LogP contribution < -0.4 is 62.0 Å². The van der Waals surface area contributed by atoms with Gasteiger partial charge in [-0.05, 0) is 18.6 Å². The standard InChI is InChI=1S/C10H7N6O.K.H2O/c1-6-3-2-4-16-9(6)11-5-7(10(16)17)8-12-14-15-13-8;;/h2-5H,1H3;;1H2/q-1;+1;. The van der Waals surface area contributed by atoms with Crippen LogP contribution in [0.15, 0.2) is 29.3 Å². The summed E-state index contributed by atoms with van der Waals surface area (Å²) in [5, 5.41) is 14.0. The molecular formula is C10H9KN6O2. The molecule has 0 fully saturated rings. The van der Waals surface area contributed by atoms with Crippen molar-refractivity contribution in [1.29, 1.82) is 0 Å². The third kappa shape index (κ3) is 2.80. The van der Waals surface area contributed by atoms with Gasteiger partial charge >= 0.3 is 51.4 Å². The first-order valence-corrected chi connectivity index (χ1v) is 4.93. The van der Waals surface area contributed by atoms with Crippen molar-refractivity contribution in [2.75, 3.05) is 0 Å². The summed E-state index contributed by atoms with van der Waals surface area (Å²) in [6.45, 7) is 1.89. The molecule has 0 aliphatic heterocycles. The molecule has 0 atom stereocenters. The quantitative estimate of drug-likeness (QED) is 0.420. The van der Waals surface area contributed by atoms with E-state index >= 15 is 0 Å². The van der Waals surface area contributed by atoms with Gasteiger partial charge in [0.15, 0.2) is 0 Å². The average Bonchev–Trinajstić information content (AvgIpc) is 2.84. The van der Waals surface area contributed by atoms with Gasteiger partial charge in [0, 0.05) is 18.2 Å². The Balaban J connectivity index is 0.000000902. The Morgan fingerprint density at radius 1 is 1.37 bits per heavy atom. The molecule has 2 N–H and O–H groups in total. The molecule has 0 aromatic carbocycles. The van der Waals surface area contributed by atoms with E-state index in [2.05, 4.69) is 25.6 Å². The summed E-state index contributed by atoms with van der Waals surface area (Å²) in [7, 11) is 0. The molecule has 0 aliphatic rings. The van der Waals surface area contributed by atoms with Crippen molar-refractivity contribution in [2.24, 2.45) is 0 Å². The number of hydrogen-bond acceptors (Lipinski definition) is 5. The van der Waals surface area contributed by atoms with Gasteiger partial charge in [-0.2, -0.15) is 5.21 Å². The van der Waals surface area contributed by atoms with E-state index in [-0.39, 0.29) is 73.8 Å². The molecule has 9 heteroatoms. The molecule has 3 heterocycles. The molecule has 0 saturated carbocycles. The van der Waals surface area contributed by atoms with E-state index in [1.807, 2.05) is 13.0 Å². The van der Waals surface area contributed by atoms with E-state index in [4.69, 9.17) is 0 Å². The van der Waals surface area contributed by atoms with E-state index in [0.717, 1.165) is 5.56 Å². The minimum absolute atomic E-state index is 0. The van der Waals surface area contributed by atoms with Gasteiger partial charge < -0.3 is 10.6 Å². The first kappa shape index (κ1) is 16.1. The van der Waals surface area contributed by atoms with Crippen LogP contribution >= 0.6 is 0 Å². The van der Waals surface area contributed by atoms with Crippen molar-refractivity contribution in [3.63, 3.8) is 0 Å². The van der Waals surface area contributed by atoms with Crippen molar-refractivity contribution in [3.05, 3.63) is 40.4 Å². The number of aromatic nitrogens is 6. The molecule has 3 aromatic rings. The van der Waals surface area contributed by atoms with E-state index in [0.29, 0.717) is 5.65 Å². The van der Waals surface area contributed by atoms with Gasteiger partial charge in [0.1, 0.15) is 5.65 Å². The predicted octanol–water partition coefficient (Wildman–Crippen LogP) is -4.01. The zero-order valence-electron chi connectivity index (χ0n) is 10.4. The maximum atomic E-state index is 12.2. The number of aryl methyl sites for hydroxylation is 1. The SMILES string of the molecule is Cc1cccn2c(=O)c(-c3nnn[n-]3)cnc12.O.[K+]. The molecule has 0 saturated heterocycles. The molecule has 0 radical (unpaired) electrons. The second-order valence-corrected chi connectivity index (χ2v) is 3.56. The monoisotopic (exact) mass is 284 g/mol. The van der Waals surface area contributed by atoms with Crippen molar-refractivity contribution in [1.82, 2.24) is 30.0 Å². The van der Waals surface area contributed by atoms with Crippen molar-refractivity contribution in [3.8, 4) is 11.4 Å². The van der Waals surface area contributed by atoms with Gasteiger partial charge in [0.05, 0.1) is 5.56 Å². The van der Waals surface area contributed by atoms with E-state index in [1.165, 1.54) is 10.6 Å². The summed E-state index contributed by atoms with van der Waals surface area (Å²) in [5.74, 6) is 0.193. The largest absolute Gasteiger partial charge is 1.00 e. The Morgan fingerprint density at radius 2 is 2.16 bits per heavy atom. The Kier molecular flexibility index (Phi) is 5.46. The van der Waals surface area contributed by atoms with Crippen LogP contribution in [0.1, 0.15) is 5.56 Å².